The molecule has 2 bridgehead atoms. The van der Waals surface area contributed by atoms with Crippen LogP contribution in [0, 0.1) is 0 Å². The molecule has 15 heavy (non-hydrogen) atoms. The summed E-state index contributed by atoms with van der Waals surface area (Å²) in [5.41, 5.74) is 0.501. The Balaban J connectivity index is 1.92. The Kier molecular flexibility index (Phi) is 2.83. The summed E-state index contributed by atoms with van der Waals surface area (Å²) in [5.74, 6) is -0.232. The summed E-state index contributed by atoms with van der Waals surface area (Å²) in [6.07, 6.45) is 4.60. The van der Waals surface area contributed by atoms with Crippen LogP contribution < -0.4 is 0 Å². The topological polar surface area (TPSA) is 29.5 Å². The van der Waals surface area contributed by atoms with Crippen molar-refractivity contribution in [3.8, 4) is 0 Å². The number of fused-ring (bicyclic) bond motifs is 2. The molecular weight excluding hydrogens is 190 g/mol. The van der Waals surface area contributed by atoms with Crippen LogP contribution in [-0.2, 0) is 9.53 Å². The van der Waals surface area contributed by atoms with Gasteiger partial charge in [-0.3, -0.25) is 0 Å². The molecule has 0 aromatic carbocycles. The largest absolute Gasteiger partial charge is 0.459 e. The van der Waals surface area contributed by atoms with Crippen LogP contribution in [0.4, 0.5) is 0 Å². The molecule has 2 atom stereocenters. The van der Waals surface area contributed by atoms with Gasteiger partial charge in [-0.05, 0) is 26.8 Å². The molecule has 0 spiro atoms. The third-order valence-corrected chi connectivity index (χ3v) is 3.68. The van der Waals surface area contributed by atoms with Gasteiger partial charge in [-0.1, -0.05) is 6.58 Å². The molecule has 2 aliphatic rings. The van der Waals surface area contributed by atoms with E-state index in [-0.39, 0.29) is 12.1 Å². The van der Waals surface area contributed by atoms with E-state index in [1.54, 1.807) is 6.92 Å². The average Bonchev–Trinajstić information content (AvgIpc) is 2.41. The van der Waals surface area contributed by atoms with E-state index in [9.17, 15) is 4.79 Å². The molecule has 2 heterocycles. The number of esters is 1. The zero-order valence-corrected chi connectivity index (χ0v) is 9.53. The molecule has 2 unspecified atom stereocenters. The van der Waals surface area contributed by atoms with E-state index in [0.717, 1.165) is 12.8 Å². The van der Waals surface area contributed by atoms with Gasteiger partial charge in [0.2, 0.25) is 0 Å². The number of ether oxygens (including phenoxy) is 1. The Labute approximate surface area is 91.1 Å². The lowest BCUT2D eigenvalue weighted by Gasteiger charge is -2.35. The van der Waals surface area contributed by atoms with E-state index in [1.807, 2.05) is 0 Å². The second-order valence-electron chi connectivity index (χ2n) is 4.83. The van der Waals surface area contributed by atoms with E-state index in [0.29, 0.717) is 17.7 Å². The molecule has 0 aromatic heterocycles. The molecule has 0 aromatic rings. The summed E-state index contributed by atoms with van der Waals surface area (Å²) in [6, 6.07) is 1.23. The van der Waals surface area contributed by atoms with Crippen molar-refractivity contribution in [2.24, 2.45) is 0 Å². The molecule has 2 aliphatic heterocycles. The van der Waals surface area contributed by atoms with Crippen LogP contribution in [-0.4, -0.2) is 36.1 Å². The molecule has 0 N–H and O–H groups in total. The minimum atomic E-state index is -0.232. The lowest BCUT2D eigenvalue weighted by Crippen LogP contribution is -2.43. The fraction of sp³-hybridized carbons (Fsp3) is 0.750. The van der Waals surface area contributed by atoms with Gasteiger partial charge in [0.25, 0.3) is 0 Å². The maximum atomic E-state index is 11.4. The van der Waals surface area contributed by atoms with Gasteiger partial charge in [-0.25, -0.2) is 4.79 Å². The fourth-order valence-corrected chi connectivity index (χ4v) is 2.71. The van der Waals surface area contributed by atoms with Crippen LogP contribution in [0.2, 0.25) is 0 Å². The van der Waals surface area contributed by atoms with Crippen LogP contribution in [0.25, 0.3) is 0 Å². The molecule has 3 nitrogen and oxygen atoms in total. The first-order valence-electron chi connectivity index (χ1n) is 5.66. The number of hydrogen-bond donors (Lipinski definition) is 0. The Hall–Kier alpha value is -0.830. The van der Waals surface area contributed by atoms with Gasteiger partial charge < -0.3 is 9.64 Å². The van der Waals surface area contributed by atoms with E-state index >= 15 is 0 Å². The first kappa shape index (κ1) is 10.7. The summed E-state index contributed by atoms with van der Waals surface area (Å²) in [5, 5.41) is 0. The molecule has 0 aliphatic carbocycles. The summed E-state index contributed by atoms with van der Waals surface area (Å²) < 4.78 is 5.42. The van der Waals surface area contributed by atoms with Crippen molar-refractivity contribution in [3.05, 3.63) is 12.2 Å². The van der Waals surface area contributed by atoms with Crippen molar-refractivity contribution in [2.75, 3.05) is 7.05 Å². The number of hydrogen-bond acceptors (Lipinski definition) is 3. The number of nitrogens with zero attached hydrogens (tertiary/aromatic N) is 1. The Bertz CT molecular complexity index is 273. The lowest BCUT2D eigenvalue weighted by atomic mass is 10.0. The van der Waals surface area contributed by atoms with Gasteiger partial charge in [-0.15, -0.1) is 0 Å². The maximum Gasteiger partial charge on any atom is 0.333 e. The van der Waals surface area contributed by atoms with Gasteiger partial charge in [0.15, 0.2) is 0 Å². The first-order chi connectivity index (χ1) is 7.08. The van der Waals surface area contributed by atoms with E-state index in [1.165, 1.54) is 12.8 Å². The molecule has 0 saturated carbocycles. The van der Waals surface area contributed by atoms with E-state index in [4.69, 9.17) is 4.74 Å². The van der Waals surface area contributed by atoms with E-state index in [2.05, 4.69) is 18.5 Å². The van der Waals surface area contributed by atoms with Crippen molar-refractivity contribution in [1.82, 2.24) is 4.90 Å². The van der Waals surface area contributed by atoms with Crippen LogP contribution in [0.3, 0.4) is 0 Å². The van der Waals surface area contributed by atoms with Gasteiger partial charge in [0, 0.05) is 30.5 Å². The second-order valence-corrected chi connectivity index (χ2v) is 4.83. The van der Waals surface area contributed by atoms with Gasteiger partial charge >= 0.3 is 5.97 Å². The lowest BCUT2D eigenvalue weighted by molar-refractivity contribution is -0.147. The van der Waals surface area contributed by atoms with Gasteiger partial charge in [0.1, 0.15) is 6.10 Å². The van der Waals surface area contributed by atoms with E-state index < -0.39 is 0 Å². The number of carbonyl (C=O) groups is 1. The molecule has 0 radical (unpaired) electrons. The fourth-order valence-electron chi connectivity index (χ4n) is 2.71. The monoisotopic (exact) mass is 209 g/mol. The predicted molar refractivity (Wildman–Crippen MR) is 58.5 cm³/mol. The standard InChI is InChI=1S/C12H19NO2/c1-8(2)12(14)15-11-6-9-4-5-10(7-11)13(9)3/h9-11H,1,4-7H2,2-3H3. The molecule has 3 heteroatoms. The predicted octanol–water partition coefficient (Wildman–Crippen LogP) is 1.73. The van der Waals surface area contributed by atoms with Gasteiger partial charge in [0.05, 0.1) is 0 Å². The van der Waals surface area contributed by atoms with Crippen LogP contribution in [0.1, 0.15) is 32.6 Å². The smallest absolute Gasteiger partial charge is 0.333 e. The first-order valence-corrected chi connectivity index (χ1v) is 5.66. The van der Waals surface area contributed by atoms with Crippen LogP contribution in [0.5, 0.6) is 0 Å². The van der Waals surface area contributed by atoms with Crippen LogP contribution in [0.15, 0.2) is 12.2 Å². The second kappa shape index (κ2) is 3.97. The highest BCUT2D eigenvalue weighted by Gasteiger charge is 2.39. The van der Waals surface area contributed by atoms with Crippen molar-refractivity contribution >= 4 is 5.97 Å². The minimum absolute atomic E-state index is 0.114. The maximum absolute atomic E-state index is 11.4. The van der Waals surface area contributed by atoms with Crippen molar-refractivity contribution in [1.29, 1.82) is 0 Å². The minimum Gasteiger partial charge on any atom is -0.459 e. The Morgan fingerprint density at radius 3 is 2.33 bits per heavy atom. The van der Waals surface area contributed by atoms with Crippen molar-refractivity contribution in [2.45, 2.75) is 50.8 Å². The number of piperidine rings is 1. The summed E-state index contributed by atoms with van der Waals surface area (Å²) in [6.45, 7) is 5.30. The molecule has 2 saturated heterocycles. The highest BCUT2D eigenvalue weighted by atomic mass is 16.5. The summed E-state index contributed by atoms with van der Waals surface area (Å²) >= 11 is 0. The molecule has 0 amide bonds. The molecule has 2 rings (SSSR count). The van der Waals surface area contributed by atoms with Crippen LogP contribution >= 0.6 is 0 Å². The average molecular weight is 209 g/mol. The summed E-state index contributed by atoms with van der Waals surface area (Å²) in [7, 11) is 2.18. The van der Waals surface area contributed by atoms with Crippen molar-refractivity contribution in [3.63, 3.8) is 0 Å². The molecule has 84 valence electrons. The number of carbonyl (C=O) groups excluding carboxylic acids is 1. The Morgan fingerprint density at radius 1 is 1.33 bits per heavy atom. The SMILES string of the molecule is C=C(C)C(=O)OC1CC2CCC(C1)N2C. The van der Waals surface area contributed by atoms with Crippen molar-refractivity contribution < 1.29 is 9.53 Å². The highest BCUT2D eigenvalue weighted by Crippen LogP contribution is 2.35. The third kappa shape index (κ3) is 2.07. The van der Waals surface area contributed by atoms with Gasteiger partial charge in [-0.2, -0.15) is 0 Å². The quantitative estimate of drug-likeness (QED) is 0.512. The highest BCUT2D eigenvalue weighted by molar-refractivity contribution is 5.87. The zero-order chi connectivity index (χ0) is 11.0. The number of rotatable bonds is 2. The Morgan fingerprint density at radius 2 is 1.87 bits per heavy atom. The molecular formula is C12H19NO2. The normalized spacial score (nSPS) is 35.2. The summed E-state index contributed by atoms with van der Waals surface area (Å²) in [4.78, 5) is 13.8. The zero-order valence-electron chi connectivity index (χ0n) is 9.53. The third-order valence-electron chi connectivity index (χ3n) is 3.68. The molecule has 2 fully saturated rings.